The number of aryl methyl sites for hydroxylation is 1. The molecule has 3 aromatic carbocycles. The Labute approximate surface area is 167 Å². The summed E-state index contributed by atoms with van der Waals surface area (Å²) in [5.74, 6) is 1.09. The number of hydrogen-bond donors (Lipinski definition) is 1. The van der Waals surface area contributed by atoms with Crippen molar-refractivity contribution >= 4 is 10.8 Å². The van der Waals surface area contributed by atoms with Crippen molar-refractivity contribution in [2.45, 2.75) is 63.6 Å². The molecule has 2 aliphatic rings. The van der Waals surface area contributed by atoms with Gasteiger partial charge in [-0.1, -0.05) is 48.5 Å². The molecule has 2 atom stereocenters. The van der Waals surface area contributed by atoms with Crippen LogP contribution in [-0.2, 0) is 0 Å². The highest BCUT2D eigenvalue weighted by molar-refractivity contribution is 5.83. The largest absolute Gasteiger partial charge is 0.487 e. The van der Waals surface area contributed by atoms with Crippen LogP contribution >= 0.6 is 0 Å². The monoisotopic (exact) mass is 371 g/mol. The van der Waals surface area contributed by atoms with Crippen LogP contribution in [0, 0.1) is 6.92 Å². The van der Waals surface area contributed by atoms with E-state index < -0.39 is 0 Å². The van der Waals surface area contributed by atoms with Crippen LogP contribution in [0.2, 0.25) is 0 Å². The minimum absolute atomic E-state index is 0.0293. The zero-order valence-corrected chi connectivity index (χ0v) is 16.9. The number of benzene rings is 3. The fourth-order valence-corrected chi connectivity index (χ4v) is 5.12. The third-order valence-corrected chi connectivity index (χ3v) is 6.69. The fourth-order valence-electron chi connectivity index (χ4n) is 5.12. The third-order valence-electron chi connectivity index (χ3n) is 6.69. The second-order valence-electron chi connectivity index (χ2n) is 8.79. The van der Waals surface area contributed by atoms with E-state index in [9.17, 15) is 0 Å². The zero-order valence-electron chi connectivity index (χ0n) is 16.9. The van der Waals surface area contributed by atoms with Crippen LogP contribution in [0.25, 0.3) is 10.8 Å². The Hall–Kier alpha value is -2.32. The molecule has 2 nitrogen and oxygen atoms in total. The minimum Gasteiger partial charge on any atom is -0.487 e. The maximum Gasteiger partial charge on any atom is 0.125 e. The van der Waals surface area contributed by atoms with Gasteiger partial charge in [0, 0.05) is 24.1 Å². The molecule has 0 aromatic heterocycles. The lowest BCUT2D eigenvalue weighted by Crippen LogP contribution is -2.42. The first-order valence-electron chi connectivity index (χ1n) is 10.7. The zero-order chi connectivity index (χ0) is 19.1. The summed E-state index contributed by atoms with van der Waals surface area (Å²) < 4.78 is 6.60. The van der Waals surface area contributed by atoms with Crippen molar-refractivity contribution < 1.29 is 4.74 Å². The molecule has 1 aliphatic heterocycles. The second kappa shape index (κ2) is 6.93. The van der Waals surface area contributed by atoms with Gasteiger partial charge < -0.3 is 10.1 Å². The Morgan fingerprint density at radius 2 is 1.75 bits per heavy atom. The molecule has 2 unspecified atom stereocenters. The van der Waals surface area contributed by atoms with Crippen LogP contribution in [0.3, 0.4) is 0 Å². The van der Waals surface area contributed by atoms with Gasteiger partial charge in [0.05, 0.1) is 0 Å². The highest BCUT2D eigenvalue weighted by atomic mass is 16.5. The number of fused-ring (bicyclic) bond motifs is 2. The molecular weight excluding hydrogens is 342 g/mol. The molecule has 3 aromatic rings. The highest BCUT2D eigenvalue weighted by Gasteiger charge is 2.43. The average molecular weight is 372 g/mol. The number of hydrogen-bond acceptors (Lipinski definition) is 2. The molecule has 0 radical (unpaired) electrons. The maximum absolute atomic E-state index is 6.60. The van der Waals surface area contributed by atoms with Gasteiger partial charge in [-0.15, -0.1) is 0 Å². The molecule has 0 saturated heterocycles. The molecule has 28 heavy (non-hydrogen) atoms. The number of nitrogens with one attached hydrogen (secondary N) is 1. The van der Waals surface area contributed by atoms with Crippen LogP contribution < -0.4 is 10.1 Å². The van der Waals surface area contributed by atoms with Gasteiger partial charge in [-0.3, -0.25) is 0 Å². The van der Waals surface area contributed by atoms with E-state index in [-0.39, 0.29) is 5.60 Å². The van der Waals surface area contributed by atoms with Crippen LogP contribution in [0.5, 0.6) is 5.75 Å². The topological polar surface area (TPSA) is 21.3 Å². The molecule has 1 saturated carbocycles. The number of rotatable bonds is 3. The van der Waals surface area contributed by atoms with Crippen LogP contribution in [-0.4, -0.2) is 5.60 Å². The van der Waals surface area contributed by atoms with E-state index in [0.717, 1.165) is 12.2 Å². The first-order valence-corrected chi connectivity index (χ1v) is 10.7. The summed E-state index contributed by atoms with van der Waals surface area (Å²) in [6.45, 7) is 4.44. The Balaban J connectivity index is 1.45. The van der Waals surface area contributed by atoms with Crippen molar-refractivity contribution in [2.24, 2.45) is 0 Å². The molecule has 1 aliphatic carbocycles. The van der Waals surface area contributed by atoms with Gasteiger partial charge in [-0.05, 0) is 73.6 Å². The van der Waals surface area contributed by atoms with Crippen LogP contribution in [0.15, 0.2) is 60.7 Å². The Kier molecular flexibility index (Phi) is 4.40. The molecule has 0 bridgehead atoms. The van der Waals surface area contributed by atoms with Gasteiger partial charge in [0.1, 0.15) is 11.4 Å². The molecule has 1 fully saturated rings. The third kappa shape index (κ3) is 3.20. The lowest BCUT2D eigenvalue weighted by atomic mass is 9.85. The predicted molar refractivity (Wildman–Crippen MR) is 116 cm³/mol. The second-order valence-corrected chi connectivity index (χ2v) is 8.79. The molecule has 1 N–H and O–H groups in total. The quantitative estimate of drug-likeness (QED) is 0.557. The van der Waals surface area contributed by atoms with Gasteiger partial charge in [0.25, 0.3) is 0 Å². The smallest absolute Gasteiger partial charge is 0.125 e. The molecule has 2 heteroatoms. The Bertz CT molecular complexity index is 1000. The molecule has 144 valence electrons. The standard InChI is InChI=1S/C26H29NO/c1-18-9-12-23-24(17-26(13-5-6-14-26)28-25(23)15-18)27-19(2)21-11-10-20-7-3-4-8-22(20)16-21/h3-4,7-12,15-16,19,24,27H,5-6,13-14,17H2,1-2H3. The highest BCUT2D eigenvalue weighted by Crippen LogP contribution is 2.47. The van der Waals surface area contributed by atoms with Gasteiger partial charge in [-0.2, -0.15) is 0 Å². The number of ether oxygens (including phenoxy) is 1. The normalized spacial score (nSPS) is 21.4. The van der Waals surface area contributed by atoms with Gasteiger partial charge in [-0.25, -0.2) is 0 Å². The van der Waals surface area contributed by atoms with Crippen molar-refractivity contribution in [1.29, 1.82) is 0 Å². The van der Waals surface area contributed by atoms with Crippen LogP contribution in [0.1, 0.15) is 67.8 Å². The SMILES string of the molecule is Cc1ccc2c(c1)OC1(CCCC1)CC2NC(C)c1ccc2ccccc2c1. The first-order chi connectivity index (χ1) is 13.6. The van der Waals surface area contributed by atoms with E-state index in [0.29, 0.717) is 12.1 Å². The summed E-state index contributed by atoms with van der Waals surface area (Å²) in [6, 6.07) is 22.8. The average Bonchev–Trinajstić information content (AvgIpc) is 3.14. The summed E-state index contributed by atoms with van der Waals surface area (Å²) in [4.78, 5) is 0. The van der Waals surface area contributed by atoms with Crippen molar-refractivity contribution in [1.82, 2.24) is 5.32 Å². The van der Waals surface area contributed by atoms with Crippen molar-refractivity contribution in [3.8, 4) is 5.75 Å². The van der Waals surface area contributed by atoms with E-state index in [1.165, 1.54) is 53.1 Å². The van der Waals surface area contributed by atoms with E-state index in [4.69, 9.17) is 4.74 Å². The van der Waals surface area contributed by atoms with E-state index in [1.54, 1.807) is 0 Å². The Morgan fingerprint density at radius 1 is 0.964 bits per heavy atom. The predicted octanol–water partition coefficient (Wildman–Crippen LogP) is 6.64. The van der Waals surface area contributed by atoms with E-state index >= 15 is 0 Å². The van der Waals surface area contributed by atoms with Gasteiger partial charge >= 0.3 is 0 Å². The van der Waals surface area contributed by atoms with Gasteiger partial charge in [0.2, 0.25) is 0 Å². The first kappa shape index (κ1) is 17.8. The molecule has 5 rings (SSSR count). The maximum atomic E-state index is 6.60. The van der Waals surface area contributed by atoms with E-state index in [2.05, 4.69) is 79.8 Å². The summed E-state index contributed by atoms with van der Waals surface area (Å²) >= 11 is 0. The Morgan fingerprint density at radius 3 is 2.57 bits per heavy atom. The molecule has 0 amide bonds. The van der Waals surface area contributed by atoms with Crippen LogP contribution in [0.4, 0.5) is 0 Å². The van der Waals surface area contributed by atoms with E-state index in [1.807, 2.05) is 0 Å². The summed E-state index contributed by atoms with van der Waals surface area (Å²) in [5.41, 5.74) is 3.96. The van der Waals surface area contributed by atoms with Gasteiger partial charge in [0.15, 0.2) is 0 Å². The van der Waals surface area contributed by atoms with Crippen molar-refractivity contribution in [2.75, 3.05) is 0 Å². The molecular formula is C26H29NO. The summed E-state index contributed by atoms with van der Waals surface area (Å²) in [6.07, 6.45) is 6.01. The summed E-state index contributed by atoms with van der Waals surface area (Å²) in [5, 5.41) is 6.56. The lowest BCUT2D eigenvalue weighted by molar-refractivity contribution is 0.0350. The molecule has 1 spiro atoms. The van der Waals surface area contributed by atoms with Crippen molar-refractivity contribution in [3.05, 3.63) is 77.4 Å². The molecule has 1 heterocycles. The lowest BCUT2D eigenvalue weighted by Gasteiger charge is -2.41. The minimum atomic E-state index is 0.0293. The fraction of sp³-hybridized carbons (Fsp3) is 0.385. The van der Waals surface area contributed by atoms with Crippen molar-refractivity contribution in [3.63, 3.8) is 0 Å². The summed E-state index contributed by atoms with van der Waals surface area (Å²) in [7, 11) is 0.